The van der Waals surface area contributed by atoms with Crippen LogP contribution in [0.4, 0.5) is 5.69 Å². The normalized spacial score (nSPS) is 11.9. The number of nitrogens with one attached hydrogen (secondary N) is 1. The van der Waals surface area contributed by atoms with Crippen LogP contribution in [0.25, 0.3) is 0 Å². The molecule has 0 aromatic heterocycles. The van der Waals surface area contributed by atoms with Gasteiger partial charge in [0.15, 0.2) is 0 Å². The van der Waals surface area contributed by atoms with Crippen molar-refractivity contribution in [2.75, 3.05) is 37.9 Å². The Morgan fingerprint density at radius 3 is 2.37 bits per heavy atom. The molecule has 0 aliphatic rings. The van der Waals surface area contributed by atoms with Crippen LogP contribution < -0.4 is 19.1 Å². The molecule has 0 saturated heterocycles. The Kier molecular flexibility index (Phi) is 10.2. The number of hydrogen-bond donors (Lipinski definition) is 1. The summed E-state index contributed by atoms with van der Waals surface area (Å²) in [5.74, 6) is -0.242. The predicted octanol–water partition coefficient (Wildman–Crippen LogP) is 3.07. The molecule has 1 N–H and O–H groups in total. The molecule has 2 amide bonds. The number of ether oxygens (including phenoxy) is 2. The fourth-order valence-corrected chi connectivity index (χ4v) is 4.42. The fourth-order valence-electron chi connectivity index (χ4n) is 3.37. The number of sulfonamides is 1. The van der Waals surface area contributed by atoms with Crippen LogP contribution >= 0.6 is 11.6 Å². The van der Waals surface area contributed by atoms with Crippen molar-refractivity contribution in [3.63, 3.8) is 0 Å². The summed E-state index contributed by atoms with van der Waals surface area (Å²) >= 11 is 6.31. The van der Waals surface area contributed by atoms with Crippen molar-refractivity contribution in [3.8, 4) is 11.5 Å². The van der Waals surface area contributed by atoms with E-state index in [1.807, 2.05) is 6.92 Å². The molecule has 192 valence electrons. The molecule has 2 rings (SSSR count). The zero-order chi connectivity index (χ0) is 26.2. The fraction of sp³-hybridized carbons (Fsp3) is 0.417. The zero-order valence-electron chi connectivity index (χ0n) is 20.6. The summed E-state index contributed by atoms with van der Waals surface area (Å²) in [4.78, 5) is 27.6. The van der Waals surface area contributed by atoms with Crippen molar-refractivity contribution < 1.29 is 27.5 Å². The molecule has 0 bridgehead atoms. The van der Waals surface area contributed by atoms with Gasteiger partial charge >= 0.3 is 0 Å². The zero-order valence-corrected chi connectivity index (χ0v) is 22.1. The molecule has 0 unspecified atom stereocenters. The highest BCUT2D eigenvalue weighted by molar-refractivity contribution is 7.92. The smallest absolute Gasteiger partial charge is 0.244 e. The van der Waals surface area contributed by atoms with Gasteiger partial charge in [-0.3, -0.25) is 13.9 Å². The molecule has 11 heteroatoms. The van der Waals surface area contributed by atoms with Crippen LogP contribution in [0.15, 0.2) is 42.5 Å². The largest absolute Gasteiger partial charge is 0.497 e. The van der Waals surface area contributed by atoms with E-state index < -0.39 is 28.5 Å². The minimum atomic E-state index is -3.90. The van der Waals surface area contributed by atoms with E-state index in [2.05, 4.69) is 5.32 Å². The molecule has 0 radical (unpaired) electrons. The highest BCUT2D eigenvalue weighted by atomic mass is 35.5. The van der Waals surface area contributed by atoms with Gasteiger partial charge in [0.1, 0.15) is 24.1 Å². The van der Waals surface area contributed by atoms with E-state index in [1.54, 1.807) is 37.3 Å². The molecule has 1 atom stereocenters. The van der Waals surface area contributed by atoms with Gasteiger partial charge in [-0.05, 0) is 37.1 Å². The van der Waals surface area contributed by atoms with Crippen molar-refractivity contribution in [2.24, 2.45) is 0 Å². The van der Waals surface area contributed by atoms with Crippen molar-refractivity contribution in [3.05, 3.63) is 53.1 Å². The Hall–Kier alpha value is -2.98. The Morgan fingerprint density at radius 2 is 1.80 bits per heavy atom. The third kappa shape index (κ3) is 7.50. The quantitative estimate of drug-likeness (QED) is 0.456. The number of nitrogens with zero attached hydrogens (tertiary/aromatic N) is 2. The number of hydrogen-bond acceptors (Lipinski definition) is 6. The van der Waals surface area contributed by atoms with Gasteiger partial charge in [-0.25, -0.2) is 8.42 Å². The van der Waals surface area contributed by atoms with Crippen molar-refractivity contribution in [2.45, 2.75) is 32.9 Å². The molecule has 0 fully saturated rings. The number of halogens is 1. The van der Waals surface area contributed by atoms with Gasteiger partial charge in [0.05, 0.1) is 26.2 Å². The maximum atomic E-state index is 13.6. The van der Waals surface area contributed by atoms with Gasteiger partial charge in [-0.2, -0.15) is 0 Å². The average molecular weight is 526 g/mol. The summed E-state index contributed by atoms with van der Waals surface area (Å²) in [7, 11) is -1.03. The molecule has 2 aromatic rings. The van der Waals surface area contributed by atoms with Crippen LogP contribution in [-0.2, 0) is 26.2 Å². The average Bonchev–Trinajstić information content (AvgIpc) is 2.83. The second-order valence-corrected chi connectivity index (χ2v) is 10.2. The maximum absolute atomic E-state index is 13.6. The second-order valence-electron chi connectivity index (χ2n) is 7.89. The lowest BCUT2D eigenvalue weighted by Gasteiger charge is -2.32. The Morgan fingerprint density at radius 1 is 1.11 bits per heavy atom. The van der Waals surface area contributed by atoms with Crippen molar-refractivity contribution >= 4 is 39.1 Å². The van der Waals surface area contributed by atoms with E-state index in [-0.39, 0.29) is 23.9 Å². The molecule has 35 heavy (non-hydrogen) atoms. The molecular formula is C24H32ClN3O6S. The number of carbonyl (C=O) groups excluding carboxylic acids is 2. The van der Waals surface area contributed by atoms with Gasteiger partial charge < -0.3 is 19.7 Å². The molecule has 0 heterocycles. The Bertz CT molecular complexity index is 1140. The molecule has 0 aliphatic carbocycles. The van der Waals surface area contributed by atoms with E-state index in [0.717, 1.165) is 17.0 Å². The lowest BCUT2D eigenvalue weighted by Crippen LogP contribution is -2.51. The SMILES string of the molecule is CCCNC(=O)[C@H](C)N(Cc1ccccc1Cl)C(=O)CN(c1ccc(OC)cc1OC)S(C)(=O)=O. The van der Waals surface area contributed by atoms with E-state index in [0.29, 0.717) is 22.9 Å². The standard InChI is InChI=1S/C24H32ClN3O6S/c1-6-13-26-24(30)17(2)27(15-18-9-7-8-10-20(18)25)23(29)16-28(35(5,31)32)21-12-11-19(33-3)14-22(21)34-4/h7-12,14,17H,6,13,15-16H2,1-5H3,(H,26,30)/t17-/m0/s1. The van der Waals surface area contributed by atoms with Crippen molar-refractivity contribution in [1.29, 1.82) is 0 Å². The molecule has 2 aromatic carbocycles. The van der Waals surface area contributed by atoms with Gasteiger partial charge in [0, 0.05) is 24.2 Å². The lowest BCUT2D eigenvalue weighted by molar-refractivity contribution is -0.139. The van der Waals surface area contributed by atoms with Crippen LogP contribution in [0.1, 0.15) is 25.8 Å². The predicted molar refractivity (Wildman–Crippen MR) is 137 cm³/mol. The first-order chi connectivity index (χ1) is 16.5. The van der Waals surface area contributed by atoms with E-state index in [4.69, 9.17) is 21.1 Å². The number of carbonyl (C=O) groups is 2. The summed E-state index contributed by atoms with van der Waals surface area (Å²) in [6.45, 7) is 3.45. The van der Waals surface area contributed by atoms with Crippen LogP contribution in [0.3, 0.4) is 0 Å². The van der Waals surface area contributed by atoms with Crippen molar-refractivity contribution in [1.82, 2.24) is 10.2 Å². The molecule has 9 nitrogen and oxygen atoms in total. The highest BCUT2D eigenvalue weighted by Crippen LogP contribution is 2.33. The second kappa shape index (κ2) is 12.6. The summed E-state index contributed by atoms with van der Waals surface area (Å²) in [5, 5.41) is 3.22. The molecular weight excluding hydrogens is 494 g/mol. The van der Waals surface area contributed by atoms with Crippen LogP contribution in [-0.4, -0.2) is 64.7 Å². The van der Waals surface area contributed by atoms with Gasteiger partial charge in [-0.15, -0.1) is 0 Å². The van der Waals surface area contributed by atoms with E-state index >= 15 is 0 Å². The number of amides is 2. The monoisotopic (exact) mass is 525 g/mol. The van der Waals surface area contributed by atoms with Crippen LogP contribution in [0.5, 0.6) is 11.5 Å². The van der Waals surface area contributed by atoms with Gasteiger partial charge in [-0.1, -0.05) is 36.7 Å². The first-order valence-corrected chi connectivity index (χ1v) is 13.3. The van der Waals surface area contributed by atoms with Gasteiger partial charge in [0.2, 0.25) is 21.8 Å². The van der Waals surface area contributed by atoms with Crippen LogP contribution in [0.2, 0.25) is 5.02 Å². The highest BCUT2D eigenvalue weighted by Gasteiger charge is 2.31. The summed E-state index contributed by atoms with van der Waals surface area (Å²) in [5.41, 5.74) is 0.801. The third-order valence-electron chi connectivity index (χ3n) is 5.35. The topological polar surface area (TPSA) is 105 Å². The number of anilines is 1. The molecule has 0 saturated carbocycles. The Labute approximate surface area is 212 Å². The number of rotatable bonds is 12. The first kappa shape index (κ1) is 28.3. The van der Waals surface area contributed by atoms with Crippen LogP contribution in [0, 0.1) is 0 Å². The first-order valence-electron chi connectivity index (χ1n) is 11.0. The summed E-state index contributed by atoms with van der Waals surface area (Å²) in [6, 6.07) is 10.7. The number of methoxy groups -OCH3 is 2. The summed E-state index contributed by atoms with van der Waals surface area (Å²) in [6.07, 6.45) is 1.73. The minimum absolute atomic E-state index is 0.0244. The number of benzene rings is 2. The summed E-state index contributed by atoms with van der Waals surface area (Å²) < 4.78 is 37.0. The molecule has 0 spiro atoms. The van der Waals surface area contributed by atoms with Gasteiger partial charge in [0.25, 0.3) is 0 Å². The molecule has 0 aliphatic heterocycles. The third-order valence-corrected chi connectivity index (χ3v) is 6.85. The lowest BCUT2D eigenvalue weighted by atomic mass is 10.1. The van der Waals surface area contributed by atoms with E-state index in [1.165, 1.54) is 31.3 Å². The minimum Gasteiger partial charge on any atom is -0.497 e. The maximum Gasteiger partial charge on any atom is 0.244 e. The van der Waals surface area contributed by atoms with E-state index in [9.17, 15) is 18.0 Å². The Balaban J connectivity index is 2.46.